The Morgan fingerprint density at radius 2 is 1.77 bits per heavy atom. The fourth-order valence-electron chi connectivity index (χ4n) is 4.45. The number of hydrazone groups is 1. The van der Waals surface area contributed by atoms with Crippen LogP contribution in [0.5, 0.6) is 17.2 Å². The van der Waals surface area contributed by atoms with Gasteiger partial charge in [0, 0.05) is 35.6 Å². The zero-order chi connectivity index (χ0) is 30.5. The van der Waals surface area contributed by atoms with Crippen molar-refractivity contribution in [2.45, 2.75) is 6.92 Å². The summed E-state index contributed by atoms with van der Waals surface area (Å²) in [5, 5.41) is 5.93. The number of esters is 1. The maximum Gasteiger partial charge on any atom is 0.347 e. The number of halogens is 3. The van der Waals surface area contributed by atoms with E-state index in [0.717, 1.165) is 20.0 Å². The Morgan fingerprint density at radius 1 is 0.977 bits per heavy atom. The van der Waals surface area contributed by atoms with Crippen molar-refractivity contribution in [2.75, 3.05) is 13.7 Å². The highest BCUT2D eigenvalue weighted by Crippen LogP contribution is 2.37. The van der Waals surface area contributed by atoms with Gasteiger partial charge in [-0.3, -0.25) is 4.79 Å². The van der Waals surface area contributed by atoms with Gasteiger partial charge in [0.2, 0.25) is 0 Å². The SMILES string of the molecule is CCOc1cc(C=NNC(=O)c2[nH]c3ccc(I)cc3c2-c2ccccc2Cl)ccc1OC(=O)c1cc(Cl)ccc1OC. The predicted molar refractivity (Wildman–Crippen MR) is 177 cm³/mol. The number of nitrogens with one attached hydrogen (secondary N) is 2. The monoisotopic (exact) mass is 727 g/mol. The molecule has 5 rings (SSSR count). The number of benzene rings is 4. The number of aromatic nitrogens is 1. The normalized spacial score (nSPS) is 11.1. The average molecular weight is 728 g/mol. The smallest absolute Gasteiger partial charge is 0.347 e. The molecule has 1 aromatic heterocycles. The van der Waals surface area contributed by atoms with Gasteiger partial charge in [-0.05, 0) is 95.7 Å². The molecule has 0 aliphatic heterocycles. The van der Waals surface area contributed by atoms with Crippen LogP contribution in [-0.4, -0.2) is 36.8 Å². The number of hydrogen-bond donors (Lipinski definition) is 2. The van der Waals surface area contributed by atoms with Crippen molar-refractivity contribution in [1.29, 1.82) is 0 Å². The average Bonchev–Trinajstić information content (AvgIpc) is 3.37. The van der Waals surface area contributed by atoms with Crippen molar-refractivity contribution in [3.8, 4) is 28.4 Å². The number of amides is 1. The molecule has 0 fully saturated rings. The van der Waals surface area contributed by atoms with Gasteiger partial charge in [0.15, 0.2) is 11.5 Å². The van der Waals surface area contributed by atoms with Gasteiger partial charge in [-0.2, -0.15) is 5.10 Å². The Labute approximate surface area is 271 Å². The molecule has 0 saturated carbocycles. The molecule has 4 aromatic carbocycles. The lowest BCUT2D eigenvalue weighted by Gasteiger charge is -2.13. The Balaban J connectivity index is 1.38. The van der Waals surface area contributed by atoms with Gasteiger partial charge in [-0.1, -0.05) is 41.4 Å². The number of carbonyl (C=O) groups excluding carboxylic acids is 2. The van der Waals surface area contributed by atoms with Gasteiger partial charge < -0.3 is 19.2 Å². The fourth-order valence-corrected chi connectivity index (χ4v) is 5.35. The molecular weight excluding hydrogens is 704 g/mol. The lowest BCUT2D eigenvalue weighted by Crippen LogP contribution is -2.19. The van der Waals surface area contributed by atoms with E-state index in [9.17, 15) is 9.59 Å². The van der Waals surface area contributed by atoms with Gasteiger partial charge in [0.05, 0.1) is 19.9 Å². The highest BCUT2D eigenvalue weighted by molar-refractivity contribution is 14.1. The van der Waals surface area contributed by atoms with Crippen molar-refractivity contribution in [3.05, 3.63) is 109 Å². The fraction of sp³-hybridized carbons (Fsp3) is 0.0938. The molecular formula is C32H24Cl2IN3O5. The first-order valence-corrected chi connectivity index (χ1v) is 14.8. The molecule has 0 bridgehead atoms. The molecule has 0 spiro atoms. The number of methoxy groups -OCH3 is 1. The number of hydrogen-bond acceptors (Lipinski definition) is 6. The first-order valence-electron chi connectivity index (χ1n) is 13.0. The molecule has 8 nitrogen and oxygen atoms in total. The van der Waals surface area contributed by atoms with Crippen molar-refractivity contribution in [3.63, 3.8) is 0 Å². The zero-order valence-electron chi connectivity index (χ0n) is 22.9. The molecule has 1 heterocycles. The van der Waals surface area contributed by atoms with E-state index >= 15 is 0 Å². The summed E-state index contributed by atoms with van der Waals surface area (Å²) in [6.07, 6.45) is 1.47. The van der Waals surface area contributed by atoms with Crippen LogP contribution >= 0.6 is 45.8 Å². The Kier molecular flexibility index (Phi) is 9.54. The molecule has 0 atom stereocenters. The highest BCUT2D eigenvalue weighted by atomic mass is 127. The van der Waals surface area contributed by atoms with Gasteiger partial charge in [-0.25, -0.2) is 10.2 Å². The molecule has 1 amide bonds. The lowest BCUT2D eigenvalue weighted by atomic mass is 10.0. The van der Waals surface area contributed by atoms with Crippen LogP contribution in [0.1, 0.15) is 33.3 Å². The summed E-state index contributed by atoms with van der Waals surface area (Å²) in [7, 11) is 1.45. The summed E-state index contributed by atoms with van der Waals surface area (Å²) >= 11 is 14.8. The largest absolute Gasteiger partial charge is 0.496 e. The quantitative estimate of drug-likeness (QED) is 0.0525. The van der Waals surface area contributed by atoms with Crippen LogP contribution in [0.2, 0.25) is 10.0 Å². The number of rotatable bonds is 9. The summed E-state index contributed by atoms with van der Waals surface area (Å²) < 4.78 is 17.6. The summed E-state index contributed by atoms with van der Waals surface area (Å²) in [6.45, 7) is 2.14. The topological polar surface area (TPSA) is 102 Å². The van der Waals surface area contributed by atoms with Crippen LogP contribution in [0, 0.1) is 3.57 Å². The molecule has 0 aliphatic rings. The van der Waals surface area contributed by atoms with Crippen LogP contribution < -0.4 is 19.6 Å². The lowest BCUT2D eigenvalue weighted by molar-refractivity contribution is 0.0724. The van der Waals surface area contributed by atoms with Gasteiger partial charge in [0.1, 0.15) is 17.0 Å². The number of carbonyl (C=O) groups is 2. The van der Waals surface area contributed by atoms with E-state index in [1.54, 1.807) is 36.4 Å². The van der Waals surface area contributed by atoms with Crippen molar-refractivity contribution in [2.24, 2.45) is 5.10 Å². The molecule has 0 saturated heterocycles. The predicted octanol–water partition coefficient (Wildman–Crippen LogP) is 8.14. The number of aromatic amines is 1. The third-order valence-corrected chi connectivity index (χ3v) is 7.60. The standard InChI is InChI=1S/C32H24Cl2IN3O5/c1-3-42-28-14-18(8-12-27(28)43-32(40)23-15-19(33)9-13-26(23)41-2)17-36-38-31(39)30-29(21-6-4-5-7-24(21)34)22-16-20(35)10-11-25(22)37-30/h4-17,37H,3H2,1-2H3,(H,38,39). The summed E-state index contributed by atoms with van der Waals surface area (Å²) in [5.41, 5.74) is 5.91. The number of fused-ring (bicyclic) bond motifs is 1. The number of nitrogens with zero attached hydrogens (tertiary/aromatic N) is 1. The van der Waals surface area contributed by atoms with E-state index in [-0.39, 0.29) is 11.3 Å². The van der Waals surface area contributed by atoms with E-state index in [0.29, 0.717) is 45.0 Å². The van der Waals surface area contributed by atoms with Gasteiger partial charge in [-0.15, -0.1) is 0 Å². The second-order valence-electron chi connectivity index (χ2n) is 9.12. The molecule has 218 valence electrons. The molecule has 0 radical (unpaired) electrons. The number of H-pyrrole nitrogens is 1. The van der Waals surface area contributed by atoms with E-state index < -0.39 is 11.9 Å². The molecule has 2 N–H and O–H groups in total. The molecule has 0 unspecified atom stereocenters. The first-order chi connectivity index (χ1) is 20.8. The van der Waals surface area contributed by atoms with Crippen LogP contribution in [0.15, 0.2) is 84.0 Å². The van der Waals surface area contributed by atoms with Crippen molar-refractivity contribution in [1.82, 2.24) is 10.4 Å². The maximum absolute atomic E-state index is 13.3. The van der Waals surface area contributed by atoms with Crippen molar-refractivity contribution >= 4 is 74.8 Å². The third kappa shape index (κ3) is 6.79. The van der Waals surface area contributed by atoms with E-state index in [4.69, 9.17) is 37.4 Å². The summed E-state index contributed by atoms with van der Waals surface area (Å²) in [6, 6.07) is 22.8. The number of ether oxygens (including phenoxy) is 3. The molecule has 0 aliphatic carbocycles. The second kappa shape index (κ2) is 13.5. The minimum absolute atomic E-state index is 0.175. The van der Waals surface area contributed by atoms with Crippen LogP contribution in [0.25, 0.3) is 22.0 Å². The van der Waals surface area contributed by atoms with Crippen LogP contribution in [-0.2, 0) is 0 Å². The molecule has 11 heteroatoms. The Bertz CT molecular complexity index is 1870. The minimum Gasteiger partial charge on any atom is -0.496 e. The Morgan fingerprint density at radius 3 is 2.53 bits per heavy atom. The van der Waals surface area contributed by atoms with Crippen LogP contribution in [0.4, 0.5) is 0 Å². The highest BCUT2D eigenvalue weighted by Gasteiger charge is 2.21. The second-order valence-corrected chi connectivity index (χ2v) is 11.2. The van der Waals surface area contributed by atoms with Gasteiger partial charge >= 0.3 is 5.97 Å². The van der Waals surface area contributed by atoms with Gasteiger partial charge in [0.25, 0.3) is 5.91 Å². The maximum atomic E-state index is 13.3. The first kappa shape index (κ1) is 30.4. The molecule has 5 aromatic rings. The van der Waals surface area contributed by atoms with E-state index in [1.807, 2.05) is 43.3 Å². The van der Waals surface area contributed by atoms with E-state index in [2.05, 4.69) is 38.1 Å². The summed E-state index contributed by atoms with van der Waals surface area (Å²) in [4.78, 5) is 29.5. The zero-order valence-corrected chi connectivity index (χ0v) is 26.6. The minimum atomic E-state index is -0.656. The third-order valence-electron chi connectivity index (χ3n) is 6.36. The van der Waals surface area contributed by atoms with Crippen molar-refractivity contribution < 1.29 is 23.8 Å². The van der Waals surface area contributed by atoms with E-state index in [1.165, 1.54) is 19.4 Å². The molecule has 43 heavy (non-hydrogen) atoms. The van der Waals surface area contributed by atoms with Crippen LogP contribution in [0.3, 0.4) is 0 Å². The summed E-state index contributed by atoms with van der Waals surface area (Å²) in [5.74, 6) is -0.250. The Hall–Kier alpha value is -4.06.